The highest BCUT2D eigenvalue weighted by Gasteiger charge is 2.13. The fraction of sp³-hybridized carbons (Fsp3) is 0.250. The van der Waals surface area contributed by atoms with Gasteiger partial charge in [0.2, 0.25) is 5.88 Å². The molecule has 0 amide bonds. The number of fused-ring (bicyclic) bond motifs is 2. The van der Waals surface area contributed by atoms with Crippen LogP contribution in [0.5, 0.6) is 11.6 Å². The SMILES string of the molecule is Cc1c[nH]c2ncnc(Oc3ccc4c(c3)CNCC4)c12. The van der Waals surface area contributed by atoms with Gasteiger partial charge in [0.15, 0.2) is 0 Å². The summed E-state index contributed by atoms with van der Waals surface area (Å²) >= 11 is 0. The van der Waals surface area contributed by atoms with Gasteiger partial charge in [0, 0.05) is 12.7 Å². The Morgan fingerprint density at radius 1 is 1.19 bits per heavy atom. The Labute approximate surface area is 122 Å². The maximum absolute atomic E-state index is 6.00. The van der Waals surface area contributed by atoms with Gasteiger partial charge in [0.25, 0.3) is 0 Å². The number of ether oxygens (including phenoxy) is 1. The molecule has 0 spiro atoms. The van der Waals surface area contributed by atoms with Crippen LogP contribution in [0.25, 0.3) is 11.0 Å². The molecule has 106 valence electrons. The van der Waals surface area contributed by atoms with Gasteiger partial charge < -0.3 is 15.0 Å². The Balaban J connectivity index is 1.73. The van der Waals surface area contributed by atoms with Crippen molar-refractivity contribution >= 4 is 11.0 Å². The summed E-state index contributed by atoms with van der Waals surface area (Å²) in [6.07, 6.45) is 4.51. The first-order valence-corrected chi connectivity index (χ1v) is 7.10. The summed E-state index contributed by atoms with van der Waals surface area (Å²) < 4.78 is 6.00. The summed E-state index contributed by atoms with van der Waals surface area (Å²) in [6, 6.07) is 6.26. The number of aromatic amines is 1. The molecule has 5 heteroatoms. The molecule has 0 fully saturated rings. The summed E-state index contributed by atoms with van der Waals surface area (Å²) in [5.41, 5.74) is 4.58. The fourth-order valence-electron chi connectivity index (χ4n) is 2.79. The molecule has 2 aromatic heterocycles. The third-order valence-electron chi connectivity index (χ3n) is 3.91. The molecule has 5 nitrogen and oxygen atoms in total. The molecule has 0 radical (unpaired) electrons. The van der Waals surface area contributed by atoms with Crippen LogP contribution < -0.4 is 10.1 Å². The number of hydrogen-bond donors (Lipinski definition) is 2. The van der Waals surface area contributed by atoms with Gasteiger partial charge in [-0.05, 0) is 48.7 Å². The van der Waals surface area contributed by atoms with Gasteiger partial charge in [-0.25, -0.2) is 9.97 Å². The van der Waals surface area contributed by atoms with E-state index in [9.17, 15) is 0 Å². The Morgan fingerprint density at radius 3 is 3.10 bits per heavy atom. The molecule has 0 saturated carbocycles. The Hall–Kier alpha value is -2.40. The molecule has 0 unspecified atom stereocenters. The van der Waals surface area contributed by atoms with Crippen LogP contribution in [0.3, 0.4) is 0 Å². The molecule has 1 aliphatic rings. The molecule has 4 rings (SSSR count). The zero-order valence-electron chi connectivity index (χ0n) is 11.8. The number of nitrogens with one attached hydrogen (secondary N) is 2. The smallest absolute Gasteiger partial charge is 0.232 e. The molecule has 0 bridgehead atoms. The highest BCUT2D eigenvalue weighted by atomic mass is 16.5. The third-order valence-corrected chi connectivity index (χ3v) is 3.91. The van der Waals surface area contributed by atoms with E-state index < -0.39 is 0 Å². The first-order chi connectivity index (χ1) is 10.3. The standard InChI is InChI=1S/C16H16N4O/c1-10-7-18-15-14(10)16(20-9-19-15)21-13-3-2-11-4-5-17-8-12(11)6-13/h2-3,6-7,9,17H,4-5,8H2,1H3,(H,18,19,20). The van der Waals surface area contributed by atoms with Crippen molar-refractivity contribution in [3.05, 3.63) is 47.4 Å². The number of nitrogens with zero attached hydrogens (tertiary/aromatic N) is 2. The predicted octanol–water partition coefficient (Wildman–Crippen LogP) is 2.70. The zero-order chi connectivity index (χ0) is 14.2. The van der Waals surface area contributed by atoms with E-state index in [4.69, 9.17) is 4.74 Å². The molecule has 2 N–H and O–H groups in total. The maximum atomic E-state index is 6.00. The first-order valence-electron chi connectivity index (χ1n) is 7.10. The van der Waals surface area contributed by atoms with E-state index in [1.165, 1.54) is 17.5 Å². The maximum Gasteiger partial charge on any atom is 0.232 e. The molecule has 3 heterocycles. The molecular formula is C16H16N4O. The topological polar surface area (TPSA) is 62.8 Å². The third kappa shape index (κ3) is 2.15. The van der Waals surface area contributed by atoms with Crippen molar-refractivity contribution in [1.29, 1.82) is 0 Å². The zero-order valence-corrected chi connectivity index (χ0v) is 11.8. The monoisotopic (exact) mass is 280 g/mol. The second kappa shape index (κ2) is 4.86. The minimum absolute atomic E-state index is 0.600. The second-order valence-electron chi connectivity index (χ2n) is 5.33. The molecular weight excluding hydrogens is 264 g/mol. The largest absolute Gasteiger partial charge is 0.438 e. The number of rotatable bonds is 2. The Morgan fingerprint density at radius 2 is 2.14 bits per heavy atom. The predicted molar refractivity (Wildman–Crippen MR) is 80.6 cm³/mol. The summed E-state index contributed by atoms with van der Waals surface area (Å²) in [4.78, 5) is 11.6. The molecule has 1 aromatic carbocycles. The van der Waals surface area contributed by atoms with Gasteiger partial charge in [-0.15, -0.1) is 0 Å². The number of benzene rings is 1. The second-order valence-corrected chi connectivity index (χ2v) is 5.33. The van der Waals surface area contributed by atoms with Crippen molar-refractivity contribution in [3.63, 3.8) is 0 Å². The Bertz CT molecular complexity index is 809. The van der Waals surface area contributed by atoms with Gasteiger partial charge >= 0.3 is 0 Å². The lowest BCUT2D eigenvalue weighted by atomic mass is 10.0. The van der Waals surface area contributed by atoms with Crippen molar-refractivity contribution in [2.24, 2.45) is 0 Å². The van der Waals surface area contributed by atoms with E-state index in [0.29, 0.717) is 5.88 Å². The van der Waals surface area contributed by atoms with Gasteiger partial charge in [-0.1, -0.05) is 6.07 Å². The van der Waals surface area contributed by atoms with E-state index in [0.717, 1.165) is 41.9 Å². The van der Waals surface area contributed by atoms with Crippen molar-refractivity contribution in [3.8, 4) is 11.6 Å². The minimum Gasteiger partial charge on any atom is -0.438 e. The lowest BCUT2D eigenvalue weighted by Crippen LogP contribution is -2.23. The molecule has 3 aromatic rings. The molecule has 0 saturated heterocycles. The van der Waals surface area contributed by atoms with E-state index in [1.54, 1.807) is 0 Å². The van der Waals surface area contributed by atoms with Crippen molar-refractivity contribution in [2.45, 2.75) is 19.9 Å². The minimum atomic E-state index is 0.600. The summed E-state index contributed by atoms with van der Waals surface area (Å²) in [5, 5.41) is 4.32. The average Bonchev–Trinajstić information content (AvgIpc) is 2.90. The molecule has 1 aliphatic heterocycles. The quantitative estimate of drug-likeness (QED) is 0.757. The molecule has 21 heavy (non-hydrogen) atoms. The van der Waals surface area contributed by atoms with E-state index >= 15 is 0 Å². The first kappa shape index (κ1) is 12.3. The van der Waals surface area contributed by atoms with Gasteiger partial charge in [0.05, 0.1) is 5.39 Å². The van der Waals surface area contributed by atoms with Crippen LogP contribution in [-0.2, 0) is 13.0 Å². The van der Waals surface area contributed by atoms with Crippen LogP contribution >= 0.6 is 0 Å². The normalized spacial score (nSPS) is 14.1. The van der Waals surface area contributed by atoms with E-state index in [1.807, 2.05) is 19.2 Å². The van der Waals surface area contributed by atoms with Crippen LogP contribution in [0, 0.1) is 6.92 Å². The highest BCUT2D eigenvalue weighted by molar-refractivity contribution is 5.84. The van der Waals surface area contributed by atoms with Crippen LogP contribution in [0.4, 0.5) is 0 Å². The van der Waals surface area contributed by atoms with Crippen molar-refractivity contribution < 1.29 is 4.74 Å². The van der Waals surface area contributed by atoms with Crippen LogP contribution in [0.2, 0.25) is 0 Å². The highest BCUT2D eigenvalue weighted by Crippen LogP contribution is 2.30. The fourth-order valence-corrected chi connectivity index (χ4v) is 2.79. The van der Waals surface area contributed by atoms with Gasteiger partial charge in [-0.2, -0.15) is 0 Å². The lowest BCUT2D eigenvalue weighted by molar-refractivity contribution is 0.466. The van der Waals surface area contributed by atoms with E-state index in [-0.39, 0.29) is 0 Å². The summed E-state index contributed by atoms with van der Waals surface area (Å²) in [7, 11) is 0. The Kier molecular flexibility index (Phi) is 2.86. The number of hydrogen-bond acceptors (Lipinski definition) is 4. The lowest BCUT2D eigenvalue weighted by Gasteiger charge is -2.17. The summed E-state index contributed by atoms with van der Waals surface area (Å²) in [6.45, 7) is 3.96. The van der Waals surface area contributed by atoms with Crippen molar-refractivity contribution in [1.82, 2.24) is 20.3 Å². The molecule has 0 atom stereocenters. The van der Waals surface area contributed by atoms with E-state index in [2.05, 4.69) is 32.4 Å². The van der Waals surface area contributed by atoms with Crippen LogP contribution in [0.1, 0.15) is 16.7 Å². The van der Waals surface area contributed by atoms with Crippen LogP contribution in [-0.4, -0.2) is 21.5 Å². The number of aryl methyl sites for hydroxylation is 1. The van der Waals surface area contributed by atoms with Crippen molar-refractivity contribution in [2.75, 3.05) is 6.54 Å². The number of aromatic nitrogens is 3. The van der Waals surface area contributed by atoms with Crippen LogP contribution in [0.15, 0.2) is 30.7 Å². The van der Waals surface area contributed by atoms with Gasteiger partial charge in [-0.3, -0.25) is 0 Å². The average molecular weight is 280 g/mol. The molecule has 0 aliphatic carbocycles. The number of H-pyrrole nitrogens is 1. The van der Waals surface area contributed by atoms with Gasteiger partial charge in [0.1, 0.15) is 17.7 Å². The summed E-state index contributed by atoms with van der Waals surface area (Å²) in [5.74, 6) is 1.42.